The molecule has 1 aliphatic carbocycles. The molecule has 0 radical (unpaired) electrons. The molecule has 2 aromatic heterocycles. The fourth-order valence-electron chi connectivity index (χ4n) is 2.00. The maximum absolute atomic E-state index is 11.9. The van der Waals surface area contributed by atoms with E-state index in [0.717, 1.165) is 29.4 Å². The Morgan fingerprint density at radius 3 is 2.77 bits per heavy atom. The number of rotatable bonds is 4. The average Bonchev–Trinajstić information content (AvgIpc) is 3.29. The fraction of sp³-hybridized carbons (Fsp3) is 0.308. The fourth-order valence-corrected chi connectivity index (χ4v) is 2.00. The monoisotopic (exact) mass is 303 g/mol. The zero-order valence-corrected chi connectivity index (χ0v) is 11.5. The molecule has 0 aromatic carbocycles. The average molecular weight is 303 g/mol. The summed E-state index contributed by atoms with van der Waals surface area (Å²) >= 11 is 0. The quantitative estimate of drug-likeness (QED) is 0.676. The minimum absolute atomic E-state index is 0.101. The molecule has 0 atom stereocenters. The van der Waals surface area contributed by atoms with Gasteiger partial charge in [0.25, 0.3) is 11.1 Å². The van der Waals surface area contributed by atoms with Gasteiger partial charge in [-0.15, -0.1) is 0 Å². The van der Waals surface area contributed by atoms with Crippen LogP contribution in [0.15, 0.2) is 32.7 Å². The molecule has 0 bridgehead atoms. The Labute approximate surface area is 123 Å². The van der Waals surface area contributed by atoms with Gasteiger partial charge in [-0.05, 0) is 18.9 Å². The Bertz CT molecular complexity index is 890. The van der Waals surface area contributed by atoms with Gasteiger partial charge >= 0.3 is 5.69 Å². The lowest BCUT2D eigenvalue weighted by Gasteiger charge is -2.07. The Morgan fingerprint density at radius 2 is 2.09 bits per heavy atom. The van der Waals surface area contributed by atoms with E-state index in [1.54, 1.807) is 6.07 Å². The predicted molar refractivity (Wildman–Crippen MR) is 76.8 cm³/mol. The smallest absolute Gasteiger partial charge is 0.319 e. The molecular formula is C13H13N5O4. The summed E-state index contributed by atoms with van der Waals surface area (Å²) in [4.78, 5) is 50.2. The van der Waals surface area contributed by atoms with Gasteiger partial charge in [-0.25, -0.2) is 9.48 Å². The van der Waals surface area contributed by atoms with Gasteiger partial charge in [-0.2, -0.15) is 5.10 Å². The van der Waals surface area contributed by atoms with Crippen LogP contribution in [0.5, 0.6) is 0 Å². The number of carbonyl (C=O) groups is 1. The summed E-state index contributed by atoms with van der Waals surface area (Å²) in [6, 6.07) is 3.04. The van der Waals surface area contributed by atoms with Gasteiger partial charge in [0, 0.05) is 18.2 Å². The van der Waals surface area contributed by atoms with E-state index in [2.05, 4.69) is 15.4 Å². The molecule has 3 N–H and O–H groups in total. The minimum atomic E-state index is -0.718. The van der Waals surface area contributed by atoms with Crippen LogP contribution in [0.3, 0.4) is 0 Å². The van der Waals surface area contributed by atoms with Gasteiger partial charge in [0.05, 0.1) is 5.69 Å². The number of aromatic nitrogens is 4. The van der Waals surface area contributed by atoms with Gasteiger partial charge < -0.3 is 10.3 Å². The van der Waals surface area contributed by atoms with E-state index in [1.807, 2.05) is 4.98 Å². The molecule has 0 spiro atoms. The molecule has 2 heterocycles. The third-order valence-electron chi connectivity index (χ3n) is 3.27. The van der Waals surface area contributed by atoms with Crippen molar-refractivity contribution in [3.63, 3.8) is 0 Å². The van der Waals surface area contributed by atoms with Crippen molar-refractivity contribution in [3.8, 4) is 0 Å². The first-order valence-corrected chi connectivity index (χ1v) is 6.73. The van der Waals surface area contributed by atoms with E-state index < -0.39 is 22.7 Å². The molecule has 22 heavy (non-hydrogen) atoms. The second kappa shape index (κ2) is 5.43. The third kappa shape index (κ3) is 3.03. The number of nitrogens with one attached hydrogen (secondary N) is 3. The maximum atomic E-state index is 11.9. The first kappa shape index (κ1) is 14.0. The second-order valence-electron chi connectivity index (χ2n) is 5.06. The number of carbonyl (C=O) groups excluding carboxylic acids is 1. The predicted octanol–water partition coefficient (Wildman–Crippen LogP) is -0.864. The normalized spacial score (nSPS) is 13.8. The molecular weight excluding hydrogens is 290 g/mol. The summed E-state index contributed by atoms with van der Waals surface area (Å²) in [7, 11) is 0. The Hall–Kier alpha value is -2.97. The van der Waals surface area contributed by atoms with Crippen LogP contribution in [-0.2, 0) is 11.3 Å². The van der Waals surface area contributed by atoms with Gasteiger partial charge in [0.15, 0.2) is 0 Å². The second-order valence-corrected chi connectivity index (χ2v) is 5.06. The van der Waals surface area contributed by atoms with Crippen LogP contribution in [-0.4, -0.2) is 25.7 Å². The van der Waals surface area contributed by atoms with Gasteiger partial charge in [-0.1, -0.05) is 0 Å². The molecule has 1 saturated carbocycles. The number of amides is 1. The van der Waals surface area contributed by atoms with Crippen LogP contribution in [0.4, 0.5) is 5.69 Å². The molecule has 0 saturated heterocycles. The number of aromatic amines is 2. The highest BCUT2D eigenvalue weighted by Gasteiger charge is 2.25. The number of H-pyrrole nitrogens is 2. The van der Waals surface area contributed by atoms with Crippen molar-refractivity contribution in [1.82, 2.24) is 19.7 Å². The van der Waals surface area contributed by atoms with Crippen molar-refractivity contribution in [3.05, 3.63) is 55.2 Å². The lowest BCUT2D eigenvalue weighted by atomic mass is 10.3. The molecule has 1 aliphatic rings. The van der Waals surface area contributed by atoms with Crippen LogP contribution >= 0.6 is 0 Å². The van der Waals surface area contributed by atoms with Crippen LogP contribution < -0.4 is 22.1 Å². The summed E-state index contributed by atoms with van der Waals surface area (Å²) in [5.41, 5.74) is -1.10. The molecule has 3 rings (SSSR count). The van der Waals surface area contributed by atoms with Crippen molar-refractivity contribution in [2.24, 2.45) is 0 Å². The third-order valence-corrected chi connectivity index (χ3v) is 3.27. The van der Waals surface area contributed by atoms with Crippen LogP contribution in [0.2, 0.25) is 0 Å². The minimum Gasteiger partial charge on any atom is -0.319 e. The molecule has 1 fully saturated rings. The van der Waals surface area contributed by atoms with Crippen LogP contribution in [0, 0.1) is 0 Å². The zero-order valence-electron chi connectivity index (χ0n) is 11.5. The highest BCUT2D eigenvalue weighted by molar-refractivity contribution is 5.90. The summed E-state index contributed by atoms with van der Waals surface area (Å²) in [5.74, 6) is -0.225. The molecule has 2 aromatic rings. The number of hydrogen-bond donors (Lipinski definition) is 3. The van der Waals surface area contributed by atoms with Gasteiger partial charge in [-0.3, -0.25) is 19.4 Å². The Balaban J connectivity index is 1.76. The molecule has 9 nitrogen and oxygen atoms in total. The molecule has 0 unspecified atom stereocenters. The highest BCUT2D eigenvalue weighted by atomic mass is 16.2. The first-order chi connectivity index (χ1) is 10.5. The zero-order chi connectivity index (χ0) is 15.7. The van der Waals surface area contributed by atoms with Crippen molar-refractivity contribution >= 4 is 11.6 Å². The Kier molecular flexibility index (Phi) is 3.45. The summed E-state index contributed by atoms with van der Waals surface area (Å²) in [5, 5.41) is 6.48. The lowest BCUT2D eigenvalue weighted by Crippen LogP contribution is -2.32. The number of anilines is 1. The van der Waals surface area contributed by atoms with Crippen molar-refractivity contribution in [2.75, 3.05) is 5.32 Å². The van der Waals surface area contributed by atoms with Crippen molar-refractivity contribution in [1.29, 1.82) is 0 Å². The maximum Gasteiger partial charge on any atom is 0.325 e. The van der Waals surface area contributed by atoms with E-state index in [-0.39, 0.29) is 12.2 Å². The molecule has 1 amide bonds. The van der Waals surface area contributed by atoms with Crippen LogP contribution in [0.25, 0.3) is 0 Å². The topological polar surface area (TPSA) is 130 Å². The van der Waals surface area contributed by atoms with E-state index >= 15 is 0 Å². The number of nitrogens with zero attached hydrogens (tertiary/aromatic N) is 2. The van der Waals surface area contributed by atoms with Crippen molar-refractivity contribution in [2.45, 2.75) is 25.3 Å². The highest BCUT2D eigenvalue weighted by Crippen LogP contribution is 2.38. The van der Waals surface area contributed by atoms with Gasteiger partial charge in [0.1, 0.15) is 12.2 Å². The summed E-state index contributed by atoms with van der Waals surface area (Å²) in [6.45, 7) is -0.308. The van der Waals surface area contributed by atoms with Gasteiger partial charge in [0.2, 0.25) is 5.91 Å². The Morgan fingerprint density at radius 1 is 1.32 bits per heavy atom. The van der Waals surface area contributed by atoms with E-state index in [0.29, 0.717) is 5.92 Å². The molecule has 9 heteroatoms. The standard InChI is InChI=1S/C13H13N5O4/c19-10(15-9-5-14-13(22)16-12(9)21)6-18-11(20)4-3-8(17-18)7-1-2-7/h3-5,7H,1-2,6H2,(H,15,19)(H2,14,16,21,22). The SMILES string of the molecule is O=C(Cn1nc(C2CC2)ccc1=O)Nc1c[nH]c(=O)[nH]c1=O. The number of hydrogen-bond acceptors (Lipinski definition) is 5. The summed E-state index contributed by atoms with van der Waals surface area (Å²) < 4.78 is 1.06. The van der Waals surface area contributed by atoms with E-state index in [1.165, 1.54) is 6.07 Å². The van der Waals surface area contributed by atoms with E-state index in [9.17, 15) is 19.2 Å². The molecule has 0 aliphatic heterocycles. The first-order valence-electron chi connectivity index (χ1n) is 6.73. The van der Waals surface area contributed by atoms with Crippen molar-refractivity contribution < 1.29 is 4.79 Å². The largest absolute Gasteiger partial charge is 0.325 e. The lowest BCUT2D eigenvalue weighted by molar-refractivity contribution is -0.117. The van der Waals surface area contributed by atoms with Crippen LogP contribution in [0.1, 0.15) is 24.5 Å². The summed E-state index contributed by atoms with van der Waals surface area (Å²) in [6.07, 6.45) is 3.16. The molecule has 114 valence electrons. The van der Waals surface area contributed by atoms with E-state index in [4.69, 9.17) is 0 Å².